The third kappa shape index (κ3) is 4.66. The SMILES string of the molecule is CC(C)(C)OC(=O)N1c2c(F)cccc2[C@@]2(Cc3ccccc3)C(c3ccccc3)(c3ccccc3)O[C@@]12O[Si](C)(C)C(C)(C)C. The maximum absolute atomic E-state index is 16.6. The maximum atomic E-state index is 16.6. The number of nitrogens with zero attached hydrogens (tertiary/aromatic N) is 1. The average Bonchev–Trinajstić information content (AvgIpc) is 3.17. The Labute approximate surface area is 273 Å². The van der Waals surface area contributed by atoms with Crippen LogP contribution >= 0.6 is 0 Å². The van der Waals surface area contributed by atoms with E-state index in [4.69, 9.17) is 13.9 Å². The Hall–Kier alpha value is -3.78. The van der Waals surface area contributed by atoms with Gasteiger partial charge >= 0.3 is 6.09 Å². The van der Waals surface area contributed by atoms with Crippen molar-refractivity contribution in [2.45, 2.75) is 88.6 Å². The molecule has 0 aliphatic carbocycles. The average molecular weight is 638 g/mol. The number of benzene rings is 4. The largest absolute Gasteiger partial charge is 0.443 e. The second-order valence-corrected chi connectivity index (χ2v) is 19.7. The monoisotopic (exact) mass is 637 g/mol. The summed E-state index contributed by atoms with van der Waals surface area (Å²) in [4.78, 5) is 15.9. The third-order valence-electron chi connectivity index (χ3n) is 9.84. The van der Waals surface area contributed by atoms with E-state index in [0.29, 0.717) is 12.0 Å². The number of halogens is 1. The molecule has 4 aromatic carbocycles. The lowest BCUT2D eigenvalue weighted by Gasteiger charge is -2.69. The van der Waals surface area contributed by atoms with Crippen LogP contribution in [0.15, 0.2) is 109 Å². The molecule has 0 aromatic heterocycles. The summed E-state index contributed by atoms with van der Waals surface area (Å²) in [5, 5.41) is -0.270. The van der Waals surface area contributed by atoms with Crippen LogP contribution in [0.2, 0.25) is 18.1 Å². The zero-order valence-electron chi connectivity index (χ0n) is 28.1. The van der Waals surface area contributed by atoms with Crippen molar-refractivity contribution >= 4 is 20.1 Å². The molecule has 2 aliphatic rings. The minimum absolute atomic E-state index is 0.125. The number of hydrogen-bond acceptors (Lipinski definition) is 4. The van der Waals surface area contributed by atoms with Gasteiger partial charge in [-0.1, -0.05) is 124 Å². The van der Waals surface area contributed by atoms with E-state index < -0.39 is 42.8 Å². The van der Waals surface area contributed by atoms with Crippen LogP contribution in [0.25, 0.3) is 0 Å². The predicted molar refractivity (Wildman–Crippen MR) is 183 cm³/mol. The molecule has 0 bridgehead atoms. The first-order chi connectivity index (χ1) is 21.6. The molecule has 0 radical (unpaired) electrons. The van der Waals surface area contributed by atoms with Crippen molar-refractivity contribution in [2.24, 2.45) is 0 Å². The number of rotatable bonds is 6. The molecule has 5 nitrogen and oxygen atoms in total. The predicted octanol–water partition coefficient (Wildman–Crippen LogP) is 9.71. The zero-order chi connectivity index (χ0) is 33.2. The Morgan fingerprint density at radius 3 is 1.80 bits per heavy atom. The highest BCUT2D eigenvalue weighted by Gasteiger charge is 2.86. The van der Waals surface area contributed by atoms with Crippen LogP contribution in [0.3, 0.4) is 0 Å². The van der Waals surface area contributed by atoms with Crippen molar-refractivity contribution in [3.05, 3.63) is 137 Å². The number of anilines is 1. The van der Waals surface area contributed by atoms with Crippen LogP contribution in [0, 0.1) is 5.82 Å². The smallest absolute Gasteiger partial charge is 0.419 e. The van der Waals surface area contributed by atoms with Gasteiger partial charge in [-0.3, -0.25) is 0 Å². The summed E-state index contributed by atoms with van der Waals surface area (Å²) in [7, 11) is -2.76. The molecule has 4 aromatic rings. The van der Waals surface area contributed by atoms with E-state index in [0.717, 1.165) is 16.7 Å². The highest BCUT2D eigenvalue weighted by Crippen LogP contribution is 2.75. The van der Waals surface area contributed by atoms with E-state index in [1.165, 1.54) is 11.0 Å². The Bertz CT molecular complexity index is 1690. The second kappa shape index (κ2) is 10.9. The molecule has 1 amide bonds. The molecule has 0 unspecified atom stereocenters. The molecule has 2 aliphatic heterocycles. The van der Waals surface area contributed by atoms with Crippen LogP contribution < -0.4 is 4.90 Å². The van der Waals surface area contributed by atoms with Gasteiger partial charge in [-0.25, -0.2) is 14.1 Å². The van der Waals surface area contributed by atoms with Crippen molar-refractivity contribution in [1.29, 1.82) is 0 Å². The maximum Gasteiger partial charge on any atom is 0.419 e. The topological polar surface area (TPSA) is 48.0 Å². The van der Waals surface area contributed by atoms with Gasteiger partial charge < -0.3 is 13.9 Å². The number of amides is 1. The summed E-state index contributed by atoms with van der Waals surface area (Å²) in [6, 6.07) is 35.2. The molecule has 2 heterocycles. The normalized spacial score (nSPS) is 22.1. The van der Waals surface area contributed by atoms with E-state index in [1.54, 1.807) is 6.07 Å². The van der Waals surface area contributed by atoms with Crippen LogP contribution in [-0.4, -0.2) is 25.9 Å². The Kier molecular flexibility index (Phi) is 7.62. The van der Waals surface area contributed by atoms with Gasteiger partial charge in [-0.2, -0.15) is 0 Å². The van der Waals surface area contributed by atoms with E-state index in [9.17, 15) is 4.79 Å². The number of hydrogen-bond donors (Lipinski definition) is 0. The summed E-state index contributed by atoms with van der Waals surface area (Å²) in [5.41, 5.74) is 0.360. The molecular weight excluding hydrogens is 594 g/mol. The van der Waals surface area contributed by atoms with Crippen molar-refractivity contribution in [3.63, 3.8) is 0 Å². The fourth-order valence-corrected chi connectivity index (χ4v) is 8.22. The molecule has 0 spiro atoms. The van der Waals surface area contributed by atoms with Crippen LogP contribution in [-0.2, 0) is 31.3 Å². The number of carbonyl (C=O) groups is 1. The molecule has 0 saturated carbocycles. The van der Waals surface area contributed by atoms with E-state index in [2.05, 4.69) is 46.0 Å². The number of carbonyl (C=O) groups excluding carboxylic acids is 1. The minimum atomic E-state index is -2.76. The summed E-state index contributed by atoms with van der Waals surface area (Å²) >= 11 is 0. The fraction of sp³-hybridized carbons (Fsp3) is 0.359. The summed E-state index contributed by atoms with van der Waals surface area (Å²) in [5.74, 6) is -2.29. The van der Waals surface area contributed by atoms with Crippen molar-refractivity contribution < 1.29 is 23.1 Å². The minimum Gasteiger partial charge on any atom is -0.443 e. The number of ether oxygens (including phenoxy) is 2. The third-order valence-corrected chi connectivity index (χ3v) is 14.2. The molecule has 1 fully saturated rings. The Morgan fingerprint density at radius 1 is 0.783 bits per heavy atom. The van der Waals surface area contributed by atoms with Gasteiger partial charge in [0.2, 0.25) is 0 Å². The Balaban J connectivity index is 1.78. The molecule has 0 N–H and O–H groups in total. The molecule has 2 atom stereocenters. The highest BCUT2D eigenvalue weighted by atomic mass is 28.4. The van der Waals surface area contributed by atoms with E-state index >= 15 is 4.39 Å². The molecule has 46 heavy (non-hydrogen) atoms. The van der Waals surface area contributed by atoms with Gasteiger partial charge in [0.05, 0.1) is 5.69 Å². The van der Waals surface area contributed by atoms with Gasteiger partial charge in [-0.05, 0) is 73.6 Å². The molecule has 7 heteroatoms. The summed E-state index contributed by atoms with van der Waals surface area (Å²) < 4.78 is 37.6. The van der Waals surface area contributed by atoms with Crippen molar-refractivity contribution in [2.75, 3.05) is 4.90 Å². The van der Waals surface area contributed by atoms with Crippen LogP contribution in [0.1, 0.15) is 63.8 Å². The highest BCUT2D eigenvalue weighted by molar-refractivity contribution is 6.74. The molecule has 1 saturated heterocycles. The summed E-state index contributed by atoms with van der Waals surface area (Å²) in [6.07, 6.45) is -0.329. The first kappa shape index (κ1) is 32.2. The van der Waals surface area contributed by atoms with Gasteiger partial charge in [-0.15, -0.1) is 0 Å². The number of fused-ring (bicyclic) bond motifs is 3. The van der Waals surface area contributed by atoms with Gasteiger partial charge in [0, 0.05) is 0 Å². The van der Waals surface area contributed by atoms with Crippen LogP contribution in [0.5, 0.6) is 0 Å². The first-order valence-electron chi connectivity index (χ1n) is 16.0. The molecule has 6 rings (SSSR count). The number of para-hydroxylation sites is 1. The van der Waals surface area contributed by atoms with E-state index in [1.807, 2.05) is 106 Å². The van der Waals surface area contributed by atoms with Crippen LogP contribution in [0.4, 0.5) is 14.9 Å². The van der Waals surface area contributed by atoms with E-state index in [-0.39, 0.29) is 10.7 Å². The first-order valence-corrected chi connectivity index (χ1v) is 18.9. The lowest BCUT2D eigenvalue weighted by Crippen LogP contribution is -2.84. The lowest BCUT2D eigenvalue weighted by molar-refractivity contribution is -0.404. The van der Waals surface area contributed by atoms with Gasteiger partial charge in [0.15, 0.2) is 8.32 Å². The van der Waals surface area contributed by atoms with Gasteiger partial charge in [0.1, 0.15) is 22.4 Å². The van der Waals surface area contributed by atoms with Crippen molar-refractivity contribution in [3.8, 4) is 0 Å². The Morgan fingerprint density at radius 2 is 1.30 bits per heavy atom. The second-order valence-electron chi connectivity index (χ2n) is 15.0. The fourth-order valence-electron chi connectivity index (χ4n) is 6.92. The van der Waals surface area contributed by atoms with Crippen molar-refractivity contribution in [1.82, 2.24) is 0 Å². The quantitative estimate of drug-likeness (QED) is 0.198. The lowest BCUT2D eigenvalue weighted by atomic mass is 9.53. The molecule has 240 valence electrons. The van der Waals surface area contributed by atoms with Gasteiger partial charge in [0.25, 0.3) is 5.91 Å². The standard InChI is InChI=1S/C39H44FNO4Si/c1-35(2,3)43-34(42)41-33-31(25-18-26-32(33)40)37(27-28-19-12-9-13-20-28)38(29-21-14-10-15-22-29,30-23-16-11-17-24-30)44-39(37,41)45-46(7,8)36(4,5)6/h9-26H,27H2,1-8H3/t37-,39-/m0/s1. The summed E-state index contributed by atoms with van der Waals surface area (Å²) in [6.45, 7) is 16.1. The molecular formula is C39H44FNO4Si. The zero-order valence-corrected chi connectivity index (χ0v) is 29.1.